The van der Waals surface area contributed by atoms with Gasteiger partial charge < -0.3 is 5.73 Å². The van der Waals surface area contributed by atoms with Crippen LogP contribution in [0.5, 0.6) is 0 Å². The predicted molar refractivity (Wildman–Crippen MR) is 66.0 cm³/mol. The summed E-state index contributed by atoms with van der Waals surface area (Å²) in [5, 5.41) is -0.149. The van der Waals surface area contributed by atoms with Crippen molar-refractivity contribution in [1.82, 2.24) is 0 Å². The van der Waals surface area contributed by atoms with Crippen LogP contribution in [0.1, 0.15) is 57.8 Å². The van der Waals surface area contributed by atoms with E-state index in [0.29, 0.717) is 12.2 Å². The van der Waals surface area contributed by atoms with Gasteiger partial charge in [0.15, 0.2) is 9.84 Å². The highest BCUT2D eigenvalue weighted by molar-refractivity contribution is 7.92. The van der Waals surface area contributed by atoms with Crippen LogP contribution in [0.2, 0.25) is 0 Å². The minimum Gasteiger partial charge on any atom is -0.325 e. The first-order valence-corrected chi connectivity index (χ1v) is 8.24. The number of nitrogens with two attached hydrogens (primary N) is 1. The lowest BCUT2D eigenvalue weighted by Gasteiger charge is -2.37. The van der Waals surface area contributed by atoms with Gasteiger partial charge in [0.2, 0.25) is 0 Å². The molecule has 1 atom stereocenters. The Morgan fingerprint density at radius 2 is 1.75 bits per heavy atom. The summed E-state index contributed by atoms with van der Waals surface area (Å²) in [4.78, 5) is 0. The van der Waals surface area contributed by atoms with Gasteiger partial charge in [-0.15, -0.1) is 0 Å². The summed E-state index contributed by atoms with van der Waals surface area (Å²) >= 11 is 0. The van der Waals surface area contributed by atoms with E-state index in [9.17, 15) is 8.42 Å². The van der Waals surface area contributed by atoms with Crippen LogP contribution in [-0.4, -0.2) is 25.0 Å². The fourth-order valence-corrected chi connectivity index (χ4v) is 5.22. The summed E-state index contributed by atoms with van der Waals surface area (Å²) in [7, 11) is -2.84. The lowest BCUT2D eigenvalue weighted by atomic mass is 9.79. The minimum atomic E-state index is -2.84. The van der Waals surface area contributed by atoms with E-state index in [1.165, 1.54) is 19.3 Å². The van der Waals surface area contributed by atoms with E-state index < -0.39 is 9.84 Å². The third-order valence-corrected chi connectivity index (χ3v) is 6.47. The molecule has 0 spiro atoms. The quantitative estimate of drug-likeness (QED) is 0.809. The lowest BCUT2D eigenvalue weighted by Crippen LogP contribution is -2.47. The van der Waals surface area contributed by atoms with Gasteiger partial charge in [0.1, 0.15) is 0 Å². The summed E-state index contributed by atoms with van der Waals surface area (Å²) < 4.78 is 23.9. The molecule has 1 aliphatic heterocycles. The molecule has 3 nitrogen and oxygen atoms in total. The van der Waals surface area contributed by atoms with Gasteiger partial charge in [0.25, 0.3) is 0 Å². The van der Waals surface area contributed by atoms with Gasteiger partial charge in [-0.05, 0) is 32.1 Å². The molecule has 1 unspecified atom stereocenters. The molecule has 2 aliphatic rings. The maximum absolute atomic E-state index is 11.9. The smallest absolute Gasteiger partial charge is 0.153 e. The molecular weight excluding hydrogens is 222 g/mol. The van der Waals surface area contributed by atoms with E-state index in [1.807, 2.05) is 0 Å². The summed E-state index contributed by atoms with van der Waals surface area (Å²) in [6.07, 6.45) is 9.06. The summed E-state index contributed by atoms with van der Waals surface area (Å²) in [5.41, 5.74) is 6.16. The number of hydrogen-bond acceptors (Lipinski definition) is 3. The Labute approximate surface area is 98.7 Å². The molecule has 4 heteroatoms. The minimum absolute atomic E-state index is 0.149. The summed E-state index contributed by atoms with van der Waals surface area (Å²) in [6, 6.07) is 0. The van der Waals surface area contributed by atoms with Gasteiger partial charge in [-0.3, -0.25) is 0 Å². The van der Waals surface area contributed by atoms with E-state index in [2.05, 4.69) is 0 Å². The fourth-order valence-electron chi connectivity index (χ4n) is 3.16. The fraction of sp³-hybridized carbons (Fsp3) is 1.00. The highest BCUT2D eigenvalue weighted by Gasteiger charge is 2.37. The zero-order chi connectivity index (χ0) is 11.6. The maximum atomic E-state index is 11.9. The maximum Gasteiger partial charge on any atom is 0.153 e. The van der Waals surface area contributed by atoms with Crippen molar-refractivity contribution >= 4 is 9.84 Å². The predicted octanol–water partition coefficient (Wildman–Crippen LogP) is 2.01. The van der Waals surface area contributed by atoms with Crippen LogP contribution in [0.25, 0.3) is 0 Å². The second-order valence-electron chi connectivity index (χ2n) is 5.61. The first kappa shape index (κ1) is 12.4. The van der Waals surface area contributed by atoms with E-state index in [1.54, 1.807) is 0 Å². The van der Waals surface area contributed by atoms with Gasteiger partial charge in [-0.1, -0.05) is 25.7 Å². The van der Waals surface area contributed by atoms with Gasteiger partial charge in [0.05, 0.1) is 11.0 Å². The second kappa shape index (κ2) is 4.65. The molecular formula is C12H23NO2S. The van der Waals surface area contributed by atoms with E-state index >= 15 is 0 Å². The Morgan fingerprint density at radius 3 is 2.38 bits per heavy atom. The van der Waals surface area contributed by atoms with Crippen molar-refractivity contribution in [2.45, 2.75) is 68.6 Å². The third-order valence-electron chi connectivity index (χ3n) is 4.20. The van der Waals surface area contributed by atoms with E-state index in [-0.39, 0.29) is 10.8 Å². The standard InChI is InChI=1S/C12H23NO2S/c13-12(7-3-1-4-8-12)10-11-6-2-5-9-16(11,14)15/h11H,1-10,13H2. The molecule has 0 amide bonds. The third kappa shape index (κ3) is 2.77. The van der Waals surface area contributed by atoms with Crippen molar-refractivity contribution < 1.29 is 8.42 Å². The molecule has 0 aromatic rings. The van der Waals surface area contributed by atoms with Crippen molar-refractivity contribution in [2.75, 3.05) is 5.75 Å². The van der Waals surface area contributed by atoms with Gasteiger partial charge in [0, 0.05) is 5.54 Å². The second-order valence-corrected chi connectivity index (χ2v) is 8.01. The zero-order valence-electron chi connectivity index (χ0n) is 9.95. The number of hydrogen-bond donors (Lipinski definition) is 1. The lowest BCUT2D eigenvalue weighted by molar-refractivity contribution is 0.269. The molecule has 1 heterocycles. The molecule has 16 heavy (non-hydrogen) atoms. The zero-order valence-corrected chi connectivity index (χ0v) is 10.8. The Hall–Kier alpha value is -0.0900. The Balaban J connectivity index is 2.02. The molecule has 0 radical (unpaired) electrons. The van der Waals surface area contributed by atoms with Crippen molar-refractivity contribution in [3.63, 3.8) is 0 Å². The van der Waals surface area contributed by atoms with Crippen molar-refractivity contribution in [1.29, 1.82) is 0 Å². The van der Waals surface area contributed by atoms with Crippen LogP contribution in [0.15, 0.2) is 0 Å². The van der Waals surface area contributed by atoms with Gasteiger partial charge >= 0.3 is 0 Å². The average molecular weight is 245 g/mol. The van der Waals surface area contributed by atoms with Crippen LogP contribution in [0, 0.1) is 0 Å². The molecule has 0 bridgehead atoms. The molecule has 1 saturated heterocycles. The van der Waals surface area contributed by atoms with E-state index in [4.69, 9.17) is 5.73 Å². The monoisotopic (exact) mass is 245 g/mol. The first-order chi connectivity index (χ1) is 7.52. The summed E-state index contributed by atoms with van der Waals surface area (Å²) in [5.74, 6) is 0.383. The Morgan fingerprint density at radius 1 is 1.06 bits per heavy atom. The van der Waals surface area contributed by atoms with Crippen LogP contribution in [-0.2, 0) is 9.84 Å². The Kier molecular flexibility index (Phi) is 3.59. The van der Waals surface area contributed by atoms with Crippen LogP contribution < -0.4 is 5.73 Å². The highest BCUT2D eigenvalue weighted by atomic mass is 32.2. The molecule has 1 saturated carbocycles. The van der Waals surface area contributed by atoms with Crippen LogP contribution in [0.3, 0.4) is 0 Å². The Bertz CT molecular complexity index is 331. The SMILES string of the molecule is NC1(CC2CCCCS2(=O)=O)CCCCC1. The van der Waals surface area contributed by atoms with E-state index in [0.717, 1.165) is 32.1 Å². The number of sulfone groups is 1. The van der Waals surface area contributed by atoms with Crippen LogP contribution >= 0.6 is 0 Å². The first-order valence-electron chi connectivity index (χ1n) is 6.52. The molecule has 94 valence electrons. The molecule has 0 aromatic heterocycles. The molecule has 2 fully saturated rings. The highest BCUT2D eigenvalue weighted by Crippen LogP contribution is 2.34. The molecule has 1 aliphatic carbocycles. The van der Waals surface area contributed by atoms with Crippen molar-refractivity contribution in [3.8, 4) is 0 Å². The number of rotatable bonds is 2. The van der Waals surface area contributed by atoms with Crippen molar-refractivity contribution in [2.24, 2.45) is 5.73 Å². The normalized spacial score (nSPS) is 33.4. The van der Waals surface area contributed by atoms with Crippen molar-refractivity contribution in [3.05, 3.63) is 0 Å². The topological polar surface area (TPSA) is 60.2 Å². The van der Waals surface area contributed by atoms with Crippen LogP contribution in [0.4, 0.5) is 0 Å². The molecule has 0 aromatic carbocycles. The average Bonchev–Trinajstić information content (AvgIpc) is 2.22. The largest absolute Gasteiger partial charge is 0.325 e. The summed E-state index contributed by atoms with van der Waals surface area (Å²) in [6.45, 7) is 0. The molecule has 2 rings (SSSR count). The van der Waals surface area contributed by atoms with Gasteiger partial charge in [-0.2, -0.15) is 0 Å². The van der Waals surface area contributed by atoms with Gasteiger partial charge in [-0.25, -0.2) is 8.42 Å². The molecule has 2 N–H and O–H groups in total.